The summed E-state index contributed by atoms with van der Waals surface area (Å²) in [6.45, 7) is 9.45. The van der Waals surface area contributed by atoms with Crippen LogP contribution in [0.2, 0.25) is 0 Å². The molecule has 4 nitrogen and oxygen atoms in total. The second kappa shape index (κ2) is 10.6. The minimum atomic E-state index is 0.254. The Balaban J connectivity index is 1.88. The second-order valence-corrected chi connectivity index (χ2v) is 7.80. The summed E-state index contributed by atoms with van der Waals surface area (Å²) in [5, 5.41) is 7.54. The zero-order valence-corrected chi connectivity index (χ0v) is 16.0. The fourth-order valence-electron chi connectivity index (χ4n) is 2.61. The van der Waals surface area contributed by atoms with Crippen molar-refractivity contribution < 1.29 is 4.74 Å². The van der Waals surface area contributed by atoms with Crippen LogP contribution in [0.25, 0.3) is 0 Å². The lowest BCUT2D eigenvalue weighted by Gasteiger charge is -2.14. The molecule has 24 heavy (non-hydrogen) atoms. The van der Waals surface area contributed by atoms with Crippen molar-refractivity contribution in [2.24, 2.45) is 4.99 Å². The van der Waals surface area contributed by atoms with E-state index in [-0.39, 0.29) is 6.10 Å². The molecule has 0 amide bonds. The fraction of sp³-hybridized carbons (Fsp3) is 0.632. The van der Waals surface area contributed by atoms with Gasteiger partial charge >= 0.3 is 0 Å². The minimum Gasteiger partial charge on any atom is -0.374 e. The van der Waals surface area contributed by atoms with Crippen LogP contribution in [-0.4, -0.2) is 36.2 Å². The van der Waals surface area contributed by atoms with Gasteiger partial charge in [-0.25, -0.2) is 4.99 Å². The van der Waals surface area contributed by atoms with Gasteiger partial charge in [-0.05, 0) is 50.5 Å². The van der Waals surface area contributed by atoms with Crippen LogP contribution in [0.1, 0.15) is 44.7 Å². The molecule has 0 radical (unpaired) electrons. The van der Waals surface area contributed by atoms with E-state index < -0.39 is 0 Å². The third-order valence-electron chi connectivity index (χ3n) is 3.86. The summed E-state index contributed by atoms with van der Waals surface area (Å²) in [5.74, 6) is 2.21. The van der Waals surface area contributed by atoms with Crippen molar-refractivity contribution in [2.75, 3.05) is 18.8 Å². The molecule has 0 spiro atoms. The molecule has 0 bridgehead atoms. The van der Waals surface area contributed by atoms with Gasteiger partial charge in [-0.1, -0.05) is 24.3 Å². The highest BCUT2D eigenvalue weighted by Gasteiger charge is 2.15. The van der Waals surface area contributed by atoms with Crippen LogP contribution in [0.3, 0.4) is 0 Å². The number of rotatable bonds is 8. The molecule has 2 rings (SSSR count). The number of benzene rings is 1. The molecule has 0 saturated carbocycles. The normalized spacial score (nSPS) is 18.2. The van der Waals surface area contributed by atoms with E-state index >= 15 is 0 Å². The first-order chi connectivity index (χ1) is 11.7. The van der Waals surface area contributed by atoms with Gasteiger partial charge in [0.25, 0.3) is 0 Å². The summed E-state index contributed by atoms with van der Waals surface area (Å²) < 4.78 is 5.68. The molecule has 1 fully saturated rings. The lowest BCUT2D eigenvalue weighted by molar-refractivity contribution is 0.0657. The van der Waals surface area contributed by atoms with Crippen molar-refractivity contribution in [3.8, 4) is 0 Å². The summed E-state index contributed by atoms with van der Waals surface area (Å²) in [7, 11) is 0. The Morgan fingerprint density at radius 3 is 2.88 bits per heavy atom. The van der Waals surface area contributed by atoms with Gasteiger partial charge in [0.05, 0.1) is 19.3 Å². The molecule has 0 aromatic heterocycles. The van der Waals surface area contributed by atoms with Gasteiger partial charge in [0.15, 0.2) is 5.96 Å². The second-order valence-electron chi connectivity index (χ2n) is 6.39. The first-order valence-electron chi connectivity index (χ1n) is 9.00. The van der Waals surface area contributed by atoms with Crippen molar-refractivity contribution in [1.29, 1.82) is 0 Å². The molecule has 5 heteroatoms. The van der Waals surface area contributed by atoms with E-state index in [1.54, 1.807) is 0 Å². The number of hydrogen-bond donors (Lipinski definition) is 2. The van der Waals surface area contributed by atoms with Gasteiger partial charge in [0.1, 0.15) is 0 Å². The van der Waals surface area contributed by atoms with Gasteiger partial charge in [0, 0.05) is 18.3 Å². The molecule has 1 aromatic rings. The number of guanidine groups is 1. The molecule has 1 atom stereocenters. The lowest BCUT2D eigenvalue weighted by Crippen LogP contribution is -2.40. The van der Waals surface area contributed by atoms with Crippen molar-refractivity contribution in [2.45, 2.75) is 58.1 Å². The van der Waals surface area contributed by atoms with E-state index in [1.807, 2.05) is 0 Å². The Morgan fingerprint density at radius 2 is 2.17 bits per heavy atom. The first-order valence-corrected chi connectivity index (χ1v) is 10.1. The van der Waals surface area contributed by atoms with Crippen molar-refractivity contribution in [3.63, 3.8) is 0 Å². The van der Waals surface area contributed by atoms with Gasteiger partial charge in [-0.15, -0.1) is 0 Å². The largest absolute Gasteiger partial charge is 0.374 e. The summed E-state index contributed by atoms with van der Waals surface area (Å²) in [4.78, 5) is 4.73. The van der Waals surface area contributed by atoms with Crippen LogP contribution in [0, 0.1) is 0 Å². The summed E-state index contributed by atoms with van der Waals surface area (Å²) in [6, 6.07) is 8.50. The Kier molecular flexibility index (Phi) is 8.47. The van der Waals surface area contributed by atoms with E-state index in [0.717, 1.165) is 24.3 Å². The van der Waals surface area contributed by atoms with Gasteiger partial charge in [-0.2, -0.15) is 11.8 Å². The average molecular weight is 350 g/mol. The molecular weight excluding hydrogens is 318 g/mol. The number of hydrogen-bond acceptors (Lipinski definition) is 3. The molecule has 1 heterocycles. The smallest absolute Gasteiger partial charge is 0.191 e. The maximum Gasteiger partial charge on any atom is 0.191 e. The van der Waals surface area contributed by atoms with Crippen LogP contribution in [0.15, 0.2) is 29.3 Å². The zero-order valence-electron chi connectivity index (χ0n) is 15.2. The predicted molar refractivity (Wildman–Crippen MR) is 105 cm³/mol. The van der Waals surface area contributed by atoms with Gasteiger partial charge in [-0.3, -0.25) is 0 Å². The average Bonchev–Trinajstić information content (AvgIpc) is 3.09. The van der Waals surface area contributed by atoms with E-state index in [9.17, 15) is 0 Å². The molecular formula is C19H31N3OS. The Bertz CT molecular complexity index is 513. The number of aliphatic imine (C=N–C) groups is 1. The highest BCUT2D eigenvalue weighted by atomic mass is 32.2. The minimum absolute atomic E-state index is 0.254. The molecule has 0 aliphatic carbocycles. The maximum absolute atomic E-state index is 5.68. The molecule has 1 aromatic carbocycles. The zero-order chi connectivity index (χ0) is 17.2. The Labute approximate surface area is 150 Å². The third kappa shape index (κ3) is 7.14. The van der Waals surface area contributed by atoms with Crippen LogP contribution in [0.4, 0.5) is 0 Å². The summed E-state index contributed by atoms with van der Waals surface area (Å²) in [6.07, 6.45) is 2.91. The van der Waals surface area contributed by atoms with Crippen LogP contribution >= 0.6 is 11.8 Å². The fourth-order valence-corrected chi connectivity index (χ4v) is 3.81. The lowest BCUT2D eigenvalue weighted by atomic mass is 10.1. The maximum atomic E-state index is 5.68. The van der Waals surface area contributed by atoms with E-state index in [4.69, 9.17) is 9.73 Å². The highest BCUT2D eigenvalue weighted by molar-refractivity contribution is 8.00. The van der Waals surface area contributed by atoms with Crippen LogP contribution < -0.4 is 10.6 Å². The van der Waals surface area contributed by atoms with Crippen molar-refractivity contribution >= 4 is 17.7 Å². The highest BCUT2D eigenvalue weighted by Crippen LogP contribution is 2.25. The van der Waals surface area contributed by atoms with Gasteiger partial charge in [0.2, 0.25) is 0 Å². The number of nitrogens with one attached hydrogen (secondary N) is 2. The molecule has 1 aliphatic heterocycles. The molecule has 134 valence electrons. The number of thioether (sulfide) groups is 1. The van der Waals surface area contributed by atoms with E-state index in [2.05, 4.69) is 67.4 Å². The standard InChI is InChI=1S/C19H31N3OS/c1-4-20-19(22-13-18-9-6-10-24-18)21-12-16-7-5-8-17(11-16)14-23-15(2)3/h5,7-8,11,15,18H,4,6,9-10,12-14H2,1-3H3,(H2,20,21,22). The van der Waals surface area contributed by atoms with Gasteiger partial charge < -0.3 is 15.4 Å². The van der Waals surface area contributed by atoms with Crippen molar-refractivity contribution in [1.82, 2.24) is 10.6 Å². The topological polar surface area (TPSA) is 45.7 Å². The van der Waals surface area contributed by atoms with Crippen LogP contribution in [0.5, 0.6) is 0 Å². The Morgan fingerprint density at radius 1 is 1.33 bits per heavy atom. The first kappa shape index (κ1) is 19.1. The molecule has 2 N–H and O–H groups in total. The molecule has 1 aliphatic rings. The number of ether oxygens (including phenoxy) is 1. The van der Waals surface area contributed by atoms with Crippen LogP contribution in [-0.2, 0) is 17.9 Å². The van der Waals surface area contributed by atoms with Crippen molar-refractivity contribution in [3.05, 3.63) is 35.4 Å². The summed E-state index contributed by atoms with van der Waals surface area (Å²) >= 11 is 2.07. The SMILES string of the molecule is CCNC(=NCc1cccc(COC(C)C)c1)NCC1CCCS1. The molecule has 1 saturated heterocycles. The Hall–Kier alpha value is -1.20. The van der Waals surface area contributed by atoms with E-state index in [0.29, 0.717) is 13.2 Å². The predicted octanol–water partition coefficient (Wildman–Crippen LogP) is 3.56. The number of nitrogens with zero attached hydrogens (tertiary/aromatic N) is 1. The summed E-state index contributed by atoms with van der Waals surface area (Å²) in [5.41, 5.74) is 2.42. The molecule has 1 unspecified atom stereocenters. The van der Waals surface area contributed by atoms with E-state index in [1.165, 1.54) is 29.7 Å². The quantitative estimate of drug-likeness (QED) is 0.556. The third-order valence-corrected chi connectivity index (χ3v) is 5.26. The monoisotopic (exact) mass is 349 g/mol.